The molecule has 0 radical (unpaired) electrons. The van der Waals surface area contributed by atoms with Gasteiger partial charge >= 0.3 is 0 Å². The predicted molar refractivity (Wildman–Crippen MR) is 144 cm³/mol. The van der Waals surface area contributed by atoms with E-state index in [1.54, 1.807) is 24.3 Å². The molecule has 5 rings (SSSR count). The van der Waals surface area contributed by atoms with Crippen LogP contribution in [0.3, 0.4) is 0 Å². The number of carbonyl (C=O) groups excluding carboxylic acids is 3. The van der Waals surface area contributed by atoms with Crippen LogP contribution in [0.4, 0.5) is 5.69 Å². The summed E-state index contributed by atoms with van der Waals surface area (Å²) in [6.07, 6.45) is -0.0688. The van der Waals surface area contributed by atoms with Gasteiger partial charge in [-0.2, -0.15) is 0 Å². The van der Waals surface area contributed by atoms with Crippen LogP contribution < -0.4 is 10.6 Å². The molecule has 3 atom stereocenters. The molecule has 2 aromatic carbocycles. The number of phenolic OH excluding ortho intramolecular Hbond substituents is 1. The Hall–Kier alpha value is -3.34. The van der Waals surface area contributed by atoms with Gasteiger partial charge in [-0.3, -0.25) is 14.4 Å². The number of rotatable bonds is 3. The Labute approximate surface area is 230 Å². The zero-order chi connectivity index (χ0) is 27.8. The predicted octanol–water partition coefficient (Wildman–Crippen LogP) is 3.57. The number of hydrogen-bond acceptors (Lipinski definition) is 8. The normalized spacial score (nSPS) is 24.7. The van der Waals surface area contributed by atoms with Crippen LogP contribution in [-0.2, 0) is 20.8 Å². The maximum absolute atomic E-state index is 13.7. The summed E-state index contributed by atoms with van der Waals surface area (Å²) in [5, 5.41) is 45.5. The van der Waals surface area contributed by atoms with Crippen molar-refractivity contribution in [3.8, 4) is 16.9 Å². The highest BCUT2D eigenvalue weighted by Crippen LogP contribution is 2.54. The fraction of sp³-hybridized carbons (Fsp3) is 0.296. The van der Waals surface area contributed by atoms with E-state index in [9.17, 15) is 34.8 Å². The van der Waals surface area contributed by atoms with Crippen molar-refractivity contribution >= 4 is 56.5 Å². The summed E-state index contributed by atoms with van der Waals surface area (Å²) in [5.41, 5.74) is 3.92. The summed E-state index contributed by atoms with van der Waals surface area (Å²) in [5.74, 6) is -6.57. The highest BCUT2D eigenvalue weighted by Gasteiger charge is 2.60. The molecule has 3 aliphatic carbocycles. The molecule has 0 aliphatic heterocycles. The molecule has 11 heteroatoms. The minimum absolute atomic E-state index is 0.0319. The summed E-state index contributed by atoms with van der Waals surface area (Å²) < 4.78 is 0.595. The first-order chi connectivity index (χ1) is 17.8. The summed E-state index contributed by atoms with van der Waals surface area (Å²) >= 11 is 9.52. The Morgan fingerprint density at radius 3 is 2.45 bits per heavy atom. The Morgan fingerprint density at radius 1 is 1.16 bits per heavy atom. The van der Waals surface area contributed by atoms with E-state index in [1.165, 1.54) is 0 Å². The second-order valence-electron chi connectivity index (χ2n) is 10.1. The zero-order valence-electron chi connectivity index (χ0n) is 20.4. The first-order valence-electron chi connectivity index (χ1n) is 11.8. The number of aliphatic hydroxyl groups is 3. The number of Topliss-reactive ketones (excluding diaryl/α,β-unsaturated/α-hetero) is 2. The van der Waals surface area contributed by atoms with Crippen LogP contribution in [0, 0.1) is 11.8 Å². The molecule has 0 unspecified atom stereocenters. The third kappa shape index (κ3) is 3.58. The number of ketones is 2. The van der Waals surface area contributed by atoms with Gasteiger partial charge in [-0.05, 0) is 64.0 Å². The number of nitrogens with two attached hydrogens (primary N) is 1. The number of nitrogens with zero attached hydrogens (tertiary/aromatic N) is 1. The van der Waals surface area contributed by atoms with Crippen molar-refractivity contribution in [3.05, 3.63) is 61.8 Å². The molecule has 198 valence electrons. The second kappa shape index (κ2) is 8.86. The minimum atomic E-state index is -2.60. The molecule has 0 aromatic heterocycles. The van der Waals surface area contributed by atoms with Gasteiger partial charge in [0.05, 0.1) is 10.6 Å². The van der Waals surface area contributed by atoms with Crippen molar-refractivity contribution in [3.63, 3.8) is 0 Å². The van der Waals surface area contributed by atoms with Gasteiger partial charge in [0.25, 0.3) is 5.91 Å². The number of phenols is 1. The van der Waals surface area contributed by atoms with Crippen LogP contribution in [0.15, 0.2) is 45.6 Å². The van der Waals surface area contributed by atoms with E-state index >= 15 is 0 Å². The van der Waals surface area contributed by atoms with E-state index in [-0.39, 0.29) is 36.1 Å². The lowest BCUT2D eigenvalue weighted by Gasteiger charge is -2.46. The number of benzene rings is 2. The van der Waals surface area contributed by atoms with E-state index in [4.69, 9.17) is 17.3 Å². The van der Waals surface area contributed by atoms with E-state index in [0.717, 1.165) is 0 Å². The van der Waals surface area contributed by atoms with Gasteiger partial charge < -0.3 is 31.1 Å². The van der Waals surface area contributed by atoms with Crippen molar-refractivity contribution in [2.75, 3.05) is 19.0 Å². The zero-order valence-corrected chi connectivity index (χ0v) is 22.7. The van der Waals surface area contributed by atoms with Gasteiger partial charge in [-0.25, -0.2) is 0 Å². The molecule has 1 saturated carbocycles. The highest BCUT2D eigenvalue weighted by atomic mass is 79.9. The second-order valence-corrected chi connectivity index (χ2v) is 11.3. The minimum Gasteiger partial charge on any atom is -0.508 e. The van der Waals surface area contributed by atoms with Crippen LogP contribution in [0.25, 0.3) is 16.9 Å². The van der Waals surface area contributed by atoms with Gasteiger partial charge in [-0.15, -0.1) is 0 Å². The maximum Gasteiger partial charge on any atom is 0.255 e. The van der Waals surface area contributed by atoms with Crippen LogP contribution in [-0.4, -0.2) is 57.6 Å². The number of hydrogen-bond donors (Lipinski definition) is 5. The molecule has 1 fully saturated rings. The van der Waals surface area contributed by atoms with Gasteiger partial charge in [0.1, 0.15) is 22.8 Å². The number of aromatic hydroxyl groups is 1. The van der Waals surface area contributed by atoms with Crippen LogP contribution >= 0.6 is 27.5 Å². The van der Waals surface area contributed by atoms with Crippen LogP contribution in [0.5, 0.6) is 5.75 Å². The fourth-order valence-corrected chi connectivity index (χ4v) is 6.45. The quantitative estimate of drug-likeness (QED) is 0.333. The topological polar surface area (TPSA) is 161 Å². The number of aliphatic hydroxyl groups excluding tert-OH is 2. The lowest BCUT2D eigenvalue weighted by Crippen LogP contribution is -2.58. The number of carbonyl (C=O) groups is 3. The molecule has 1 amide bonds. The van der Waals surface area contributed by atoms with Crippen molar-refractivity contribution in [2.24, 2.45) is 17.6 Å². The fourth-order valence-electron chi connectivity index (χ4n) is 5.95. The lowest BCUT2D eigenvalue weighted by atomic mass is 9.59. The van der Waals surface area contributed by atoms with Gasteiger partial charge in [-0.1, -0.05) is 17.7 Å². The van der Waals surface area contributed by atoms with Crippen molar-refractivity contribution in [2.45, 2.75) is 24.9 Å². The standard InChI is InChI=1S/C27H24BrClN2O7/c1-31(2)17-9-13(10-3-4-16(29)15(28)7-10)22(33)20-14(17)6-11-5-12-8-18(32)21(26(30)37)25(36)27(12,38)24(35)19(11)23(20)34/h3-4,7,9,11-12,33-34,36,38H,5-6,8H2,1-2H3,(H2,30,37)/t11-,12+,27+/m1/s1. The van der Waals surface area contributed by atoms with E-state index < -0.39 is 52.0 Å². The van der Waals surface area contributed by atoms with Crippen LogP contribution in [0.2, 0.25) is 5.02 Å². The SMILES string of the molecule is CN(C)c1cc(-c2ccc(Cl)c(Br)c2)c(O)c2c1C[C@H]1C[C@H]3CC(=O)C(C(N)=O)=C(O)[C@@]3(O)C(=O)C1=C2O. The van der Waals surface area contributed by atoms with E-state index in [2.05, 4.69) is 15.9 Å². The smallest absolute Gasteiger partial charge is 0.255 e. The summed E-state index contributed by atoms with van der Waals surface area (Å²) in [6.45, 7) is 0. The average Bonchev–Trinajstić information content (AvgIpc) is 2.83. The van der Waals surface area contributed by atoms with Gasteiger partial charge in [0, 0.05) is 47.7 Å². The maximum atomic E-state index is 13.7. The molecule has 6 N–H and O–H groups in total. The molecule has 9 nitrogen and oxygen atoms in total. The van der Waals surface area contributed by atoms with Crippen molar-refractivity contribution < 1.29 is 34.8 Å². The molecule has 0 heterocycles. The third-order valence-corrected chi connectivity index (χ3v) is 8.97. The molecule has 0 spiro atoms. The number of primary amides is 1. The Kier molecular flexibility index (Phi) is 6.13. The van der Waals surface area contributed by atoms with Gasteiger partial charge in [0.15, 0.2) is 11.4 Å². The number of amides is 1. The number of fused-ring (bicyclic) bond motifs is 3. The summed E-state index contributed by atoms with van der Waals surface area (Å²) in [4.78, 5) is 39.9. The molecule has 0 saturated heterocycles. The van der Waals surface area contributed by atoms with Crippen molar-refractivity contribution in [1.29, 1.82) is 0 Å². The first kappa shape index (κ1) is 26.3. The number of halogens is 2. The van der Waals surface area contributed by atoms with Crippen molar-refractivity contribution in [1.82, 2.24) is 0 Å². The Balaban J connectivity index is 1.75. The molecular weight excluding hydrogens is 580 g/mol. The summed E-state index contributed by atoms with van der Waals surface area (Å²) in [7, 11) is 3.62. The third-order valence-electron chi connectivity index (χ3n) is 7.75. The molecule has 3 aliphatic rings. The Bertz CT molecular complexity index is 1530. The molecule has 0 bridgehead atoms. The Morgan fingerprint density at radius 2 is 1.84 bits per heavy atom. The molecular formula is C27H24BrClN2O7. The monoisotopic (exact) mass is 602 g/mol. The largest absolute Gasteiger partial charge is 0.508 e. The van der Waals surface area contributed by atoms with Crippen LogP contribution in [0.1, 0.15) is 24.0 Å². The summed E-state index contributed by atoms with van der Waals surface area (Å²) in [6, 6.07) is 6.85. The number of anilines is 1. The average molecular weight is 604 g/mol. The highest BCUT2D eigenvalue weighted by molar-refractivity contribution is 9.10. The molecule has 38 heavy (non-hydrogen) atoms. The molecule has 2 aromatic rings. The van der Waals surface area contributed by atoms with E-state index in [0.29, 0.717) is 31.9 Å². The lowest BCUT2D eigenvalue weighted by molar-refractivity contribution is -0.147. The first-order valence-corrected chi connectivity index (χ1v) is 12.9. The van der Waals surface area contributed by atoms with Gasteiger partial charge in [0.2, 0.25) is 5.78 Å². The van der Waals surface area contributed by atoms with E-state index in [1.807, 2.05) is 19.0 Å².